The molecule has 4 heterocycles. The maximum absolute atomic E-state index is 13.0. The number of nitrogens with one attached hydrogen (secondary N) is 1. The fourth-order valence-corrected chi connectivity index (χ4v) is 5.32. The molecule has 1 atom stereocenters. The van der Waals surface area contributed by atoms with Crippen molar-refractivity contribution in [3.8, 4) is 0 Å². The van der Waals surface area contributed by atoms with Crippen molar-refractivity contribution in [3.63, 3.8) is 0 Å². The average molecular weight is 438 g/mol. The van der Waals surface area contributed by atoms with Crippen molar-refractivity contribution in [2.24, 2.45) is 5.92 Å². The summed E-state index contributed by atoms with van der Waals surface area (Å²) in [5, 5.41) is 4.18. The van der Waals surface area contributed by atoms with Crippen LogP contribution in [0.15, 0.2) is 42.6 Å². The summed E-state index contributed by atoms with van der Waals surface area (Å²) >= 11 is 1.70. The van der Waals surface area contributed by atoms with E-state index < -0.39 is 0 Å². The van der Waals surface area contributed by atoms with Crippen molar-refractivity contribution in [1.82, 2.24) is 15.3 Å². The van der Waals surface area contributed by atoms with E-state index in [1.165, 1.54) is 4.70 Å². The smallest absolute Gasteiger partial charge is 0.225 e. The van der Waals surface area contributed by atoms with Gasteiger partial charge in [-0.05, 0) is 31.0 Å². The summed E-state index contributed by atoms with van der Waals surface area (Å²) < 4.78 is 6.65. The standard InChI is InChI=1S/C23H27N5O2S/c29-22(25-15-17-5-3-9-24-21(17)27-11-13-30-14-12-27)18-6-4-10-28(16-18)23-26-19-7-1-2-8-20(19)31-23/h1-3,5,7-9,18H,4,6,10-16H2,(H,25,29)/t18-/m1/s1. The molecule has 2 fully saturated rings. The second-order valence-corrected chi connectivity index (χ2v) is 9.06. The number of ether oxygens (including phenoxy) is 1. The van der Waals surface area contributed by atoms with Crippen LogP contribution in [0.1, 0.15) is 18.4 Å². The molecule has 2 aromatic heterocycles. The third kappa shape index (κ3) is 4.50. The van der Waals surface area contributed by atoms with E-state index >= 15 is 0 Å². The Bertz CT molecular complexity index is 1020. The van der Waals surface area contributed by atoms with E-state index in [-0.39, 0.29) is 11.8 Å². The Labute approximate surface area is 186 Å². The number of pyridine rings is 1. The zero-order valence-corrected chi connectivity index (χ0v) is 18.3. The van der Waals surface area contributed by atoms with Crippen molar-refractivity contribution in [1.29, 1.82) is 0 Å². The maximum atomic E-state index is 13.0. The van der Waals surface area contributed by atoms with Crippen LogP contribution in [-0.2, 0) is 16.1 Å². The summed E-state index contributed by atoms with van der Waals surface area (Å²) in [6.45, 7) is 5.26. The molecule has 2 aliphatic heterocycles. The first kappa shape index (κ1) is 20.2. The Morgan fingerprint density at radius 1 is 1.13 bits per heavy atom. The number of aromatic nitrogens is 2. The van der Waals surface area contributed by atoms with Crippen LogP contribution in [0.5, 0.6) is 0 Å². The number of thiazole rings is 1. The predicted octanol–water partition coefficient (Wildman–Crippen LogP) is 3.06. The van der Waals surface area contributed by atoms with Crippen LogP contribution < -0.4 is 15.1 Å². The topological polar surface area (TPSA) is 70.6 Å². The van der Waals surface area contributed by atoms with Gasteiger partial charge in [0.05, 0.1) is 29.3 Å². The number of morpholine rings is 1. The fraction of sp³-hybridized carbons (Fsp3) is 0.435. The molecular weight excluding hydrogens is 410 g/mol. The number of rotatable bonds is 5. The van der Waals surface area contributed by atoms with Crippen LogP contribution in [0, 0.1) is 5.92 Å². The summed E-state index contributed by atoms with van der Waals surface area (Å²) in [5.41, 5.74) is 2.08. The number of carbonyl (C=O) groups is 1. The fourth-order valence-electron chi connectivity index (χ4n) is 4.32. The number of para-hydroxylation sites is 1. The minimum atomic E-state index is -0.0238. The molecule has 0 aliphatic carbocycles. The maximum Gasteiger partial charge on any atom is 0.225 e. The number of hydrogen-bond donors (Lipinski definition) is 1. The van der Waals surface area contributed by atoms with Gasteiger partial charge in [-0.3, -0.25) is 4.79 Å². The minimum absolute atomic E-state index is 0.0238. The van der Waals surface area contributed by atoms with Gasteiger partial charge in [0.1, 0.15) is 5.82 Å². The molecule has 2 aliphatic rings. The van der Waals surface area contributed by atoms with E-state index in [0.717, 1.165) is 61.1 Å². The number of hydrogen-bond acceptors (Lipinski definition) is 7. The van der Waals surface area contributed by atoms with Gasteiger partial charge in [0, 0.05) is 44.5 Å². The highest BCUT2D eigenvalue weighted by atomic mass is 32.1. The molecule has 162 valence electrons. The Hall–Kier alpha value is -2.71. The first-order chi connectivity index (χ1) is 15.3. The number of fused-ring (bicyclic) bond motifs is 1. The highest BCUT2D eigenvalue weighted by Gasteiger charge is 2.27. The van der Waals surface area contributed by atoms with Crippen LogP contribution in [-0.4, -0.2) is 55.3 Å². The lowest BCUT2D eigenvalue weighted by atomic mass is 9.97. The van der Waals surface area contributed by atoms with E-state index in [0.29, 0.717) is 19.8 Å². The predicted molar refractivity (Wildman–Crippen MR) is 124 cm³/mol. The second kappa shape index (κ2) is 9.20. The number of carbonyl (C=O) groups excluding carboxylic acids is 1. The van der Waals surface area contributed by atoms with Gasteiger partial charge in [-0.1, -0.05) is 29.5 Å². The average Bonchev–Trinajstić information content (AvgIpc) is 3.28. The number of benzene rings is 1. The summed E-state index contributed by atoms with van der Waals surface area (Å²) in [6.07, 6.45) is 3.73. The molecule has 0 spiro atoms. The van der Waals surface area contributed by atoms with E-state index in [1.54, 1.807) is 11.3 Å². The molecule has 8 heteroatoms. The van der Waals surface area contributed by atoms with Crippen molar-refractivity contribution < 1.29 is 9.53 Å². The van der Waals surface area contributed by atoms with Gasteiger partial charge in [-0.2, -0.15) is 0 Å². The highest BCUT2D eigenvalue weighted by molar-refractivity contribution is 7.22. The lowest BCUT2D eigenvalue weighted by molar-refractivity contribution is -0.125. The Balaban J connectivity index is 1.23. The quantitative estimate of drug-likeness (QED) is 0.662. The summed E-state index contributed by atoms with van der Waals surface area (Å²) in [5.74, 6) is 1.04. The Morgan fingerprint density at radius 2 is 2.00 bits per heavy atom. The van der Waals surface area contributed by atoms with Crippen LogP contribution >= 0.6 is 11.3 Å². The van der Waals surface area contributed by atoms with Crippen LogP contribution in [0.2, 0.25) is 0 Å². The first-order valence-corrected chi connectivity index (χ1v) is 11.7. The van der Waals surface area contributed by atoms with Gasteiger partial charge < -0.3 is 19.9 Å². The second-order valence-electron chi connectivity index (χ2n) is 8.05. The number of piperidine rings is 1. The Kier molecular flexibility index (Phi) is 5.99. The van der Waals surface area contributed by atoms with Gasteiger partial charge in [0.15, 0.2) is 5.13 Å². The summed E-state index contributed by atoms with van der Waals surface area (Å²) in [6, 6.07) is 12.2. The highest BCUT2D eigenvalue weighted by Crippen LogP contribution is 2.31. The van der Waals surface area contributed by atoms with Crippen LogP contribution in [0.25, 0.3) is 10.2 Å². The molecule has 3 aromatic rings. The van der Waals surface area contributed by atoms with E-state index in [1.807, 2.05) is 36.5 Å². The molecule has 0 unspecified atom stereocenters. The van der Waals surface area contributed by atoms with E-state index in [4.69, 9.17) is 9.72 Å². The van der Waals surface area contributed by atoms with Crippen molar-refractivity contribution in [2.45, 2.75) is 19.4 Å². The monoisotopic (exact) mass is 437 g/mol. The molecule has 2 saturated heterocycles. The molecule has 0 bridgehead atoms. The normalized spacial score (nSPS) is 19.5. The first-order valence-electron chi connectivity index (χ1n) is 10.9. The molecule has 1 aromatic carbocycles. The zero-order valence-electron chi connectivity index (χ0n) is 17.5. The van der Waals surface area contributed by atoms with Gasteiger partial charge in [0.2, 0.25) is 5.91 Å². The van der Waals surface area contributed by atoms with Gasteiger partial charge >= 0.3 is 0 Å². The summed E-state index contributed by atoms with van der Waals surface area (Å²) in [7, 11) is 0. The van der Waals surface area contributed by atoms with Crippen molar-refractivity contribution in [3.05, 3.63) is 48.2 Å². The lowest BCUT2D eigenvalue weighted by Crippen LogP contribution is -2.43. The van der Waals surface area contributed by atoms with Crippen molar-refractivity contribution >= 4 is 38.4 Å². The molecule has 7 nitrogen and oxygen atoms in total. The molecule has 1 amide bonds. The van der Waals surface area contributed by atoms with Gasteiger partial charge in [-0.15, -0.1) is 0 Å². The molecule has 1 N–H and O–H groups in total. The number of anilines is 2. The molecule has 0 saturated carbocycles. The third-order valence-electron chi connectivity index (χ3n) is 5.98. The number of amides is 1. The van der Waals surface area contributed by atoms with E-state index in [9.17, 15) is 4.79 Å². The lowest BCUT2D eigenvalue weighted by Gasteiger charge is -2.32. The van der Waals surface area contributed by atoms with Crippen LogP contribution in [0.3, 0.4) is 0 Å². The molecule has 0 radical (unpaired) electrons. The van der Waals surface area contributed by atoms with Crippen LogP contribution in [0.4, 0.5) is 10.9 Å². The zero-order chi connectivity index (χ0) is 21.0. The largest absolute Gasteiger partial charge is 0.378 e. The van der Waals surface area contributed by atoms with E-state index in [2.05, 4.69) is 26.2 Å². The Morgan fingerprint density at radius 3 is 2.87 bits per heavy atom. The molecule has 5 rings (SSSR count). The van der Waals surface area contributed by atoms with Crippen molar-refractivity contribution in [2.75, 3.05) is 49.2 Å². The number of nitrogens with zero attached hydrogens (tertiary/aromatic N) is 4. The third-order valence-corrected chi connectivity index (χ3v) is 7.07. The van der Waals surface area contributed by atoms with Gasteiger partial charge in [-0.25, -0.2) is 9.97 Å². The molecular formula is C23H27N5O2S. The summed E-state index contributed by atoms with van der Waals surface area (Å²) in [4.78, 5) is 26.8. The molecule has 31 heavy (non-hydrogen) atoms. The minimum Gasteiger partial charge on any atom is -0.378 e. The van der Waals surface area contributed by atoms with Gasteiger partial charge in [0.25, 0.3) is 0 Å². The SMILES string of the molecule is O=C(NCc1cccnc1N1CCOCC1)[C@@H]1CCCN(c2nc3ccccc3s2)C1.